The van der Waals surface area contributed by atoms with Gasteiger partial charge in [0.1, 0.15) is 12.4 Å². The summed E-state index contributed by atoms with van der Waals surface area (Å²) in [7, 11) is 0. The molecule has 0 unspecified atom stereocenters. The van der Waals surface area contributed by atoms with Crippen molar-refractivity contribution in [2.24, 2.45) is 5.92 Å². The van der Waals surface area contributed by atoms with E-state index in [1.807, 2.05) is 30.8 Å². The van der Waals surface area contributed by atoms with Crippen LogP contribution in [0.1, 0.15) is 30.1 Å². The van der Waals surface area contributed by atoms with Gasteiger partial charge in [0.25, 0.3) is 0 Å². The van der Waals surface area contributed by atoms with E-state index >= 15 is 0 Å². The molecule has 2 heterocycles. The number of nitrogens with one attached hydrogen (secondary N) is 1. The molecule has 0 aliphatic carbocycles. The zero-order chi connectivity index (χ0) is 14.4. The van der Waals surface area contributed by atoms with Crippen LogP contribution in [0.2, 0.25) is 0 Å². The highest BCUT2D eigenvalue weighted by Crippen LogP contribution is 2.19. The zero-order valence-corrected chi connectivity index (χ0v) is 13.0. The zero-order valence-electron chi connectivity index (χ0n) is 12.2. The highest BCUT2D eigenvalue weighted by atomic mass is 32.1. The summed E-state index contributed by atoms with van der Waals surface area (Å²) in [6.45, 7) is 8.64. The largest absolute Gasteiger partial charge is 0.486 e. The molecule has 20 heavy (non-hydrogen) atoms. The minimum absolute atomic E-state index is 0.548. The van der Waals surface area contributed by atoms with E-state index in [1.165, 1.54) is 0 Å². The predicted molar refractivity (Wildman–Crippen MR) is 82.0 cm³/mol. The Morgan fingerprint density at radius 2 is 2.20 bits per heavy atom. The molecule has 0 atom stereocenters. The highest BCUT2D eigenvalue weighted by molar-refractivity contribution is 7.09. The second-order valence-electron chi connectivity index (χ2n) is 5.18. The average Bonchev–Trinajstić information content (AvgIpc) is 2.90. The monoisotopic (exact) mass is 291 g/mol. The van der Waals surface area contributed by atoms with Gasteiger partial charge < -0.3 is 10.1 Å². The summed E-state index contributed by atoms with van der Waals surface area (Å²) in [6, 6.07) is 3.98. The van der Waals surface area contributed by atoms with Crippen molar-refractivity contribution >= 4 is 11.3 Å². The number of hydrogen-bond donors (Lipinski definition) is 1. The van der Waals surface area contributed by atoms with E-state index in [4.69, 9.17) is 4.74 Å². The first-order valence-electron chi connectivity index (χ1n) is 6.82. The van der Waals surface area contributed by atoms with Gasteiger partial charge in [0.15, 0.2) is 0 Å². The molecule has 2 aromatic rings. The molecule has 2 aromatic heterocycles. The Labute approximate surface area is 124 Å². The van der Waals surface area contributed by atoms with Crippen molar-refractivity contribution in [3.05, 3.63) is 40.1 Å². The maximum atomic E-state index is 5.86. The van der Waals surface area contributed by atoms with Crippen molar-refractivity contribution in [2.75, 3.05) is 6.54 Å². The SMILES string of the molecule is Cc1ccc(OCc2cncs2)c(CNCC(C)C)n1. The minimum atomic E-state index is 0.548. The summed E-state index contributed by atoms with van der Waals surface area (Å²) in [5, 5.41) is 3.41. The van der Waals surface area contributed by atoms with Crippen molar-refractivity contribution in [3.8, 4) is 5.75 Å². The second kappa shape index (κ2) is 7.36. The second-order valence-corrected chi connectivity index (χ2v) is 6.15. The molecule has 108 valence electrons. The van der Waals surface area contributed by atoms with Crippen molar-refractivity contribution in [1.82, 2.24) is 15.3 Å². The Bertz CT molecular complexity index is 526. The van der Waals surface area contributed by atoms with Gasteiger partial charge in [0, 0.05) is 18.4 Å². The summed E-state index contributed by atoms with van der Waals surface area (Å²) in [5.41, 5.74) is 3.80. The molecular formula is C15H21N3OS. The van der Waals surface area contributed by atoms with Crippen LogP contribution < -0.4 is 10.1 Å². The van der Waals surface area contributed by atoms with Gasteiger partial charge in [-0.2, -0.15) is 0 Å². The third-order valence-corrected chi connectivity index (χ3v) is 3.52. The van der Waals surface area contributed by atoms with Gasteiger partial charge in [-0.25, -0.2) is 0 Å². The van der Waals surface area contributed by atoms with E-state index < -0.39 is 0 Å². The van der Waals surface area contributed by atoms with Crippen LogP contribution in [0, 0.1) is 12.8 Å². The molecule has 0 radical (unpaired) electrons. The van der Waals surface area contributed by atoms with Crippen LogP contribution in [-0.4, -0.2) is 16.5 Å². The molecular weight excluding hydrogens is 270 g/mol. The summed E-state index contributed by atoms with van der Waals surface area (Å²) >= 11 is 1.60. The summed E-state index contributed by atoms with van der Waals surface area (Å²) in [4.78, 5) is 9.74. The molecule has 0 bridgehead atoms. The third-order valence-electron chi connectivity index (χ3n) is 2.77. The van der Waals surface area contributed by atoms with Crippen LogP contribution in [0.4, 0.5) is 0 Å². The van der Waals surface area contributed by atoms with Crippen LogP contribution in [-0.2, 0) is 13.2 Å². The fourth-order valence-corrected chi connectivity index (χ4v) is 2.30. The highest BCUT2D eigenvalue weighted by Gasteiger charge is 2.07. The molecule has 0 fully saturated rings. The van der Waals surface area contributed by atoms with Gasteiger partial charge in [-0.1, -0.05) is 13.8 Å². The van der Waals surface area contributed by atoms with E-state index in [1.54, 1.807) is 11.3 Å². The standard InChI is InChI=1S/C15H21N3OS/c1-11(2)6-16-8-14-15(5-4-12(3)18-14)19-9-13-7-17-10-20-13/h4-5,7,10-11,16H,6,8-9H2,1-3H3. The Morgan fingerprint density at radius 3 is 2.90 bits per heavy atom. The minimum Gasteiger partial charge on any atom is -0.486 e. The number of pyridine rings is 1. The first-order chi connectivity index (χ1) is 9.65. The van der Waals surface area contributed by atoms with E-state index in [0.29, 0.717) is 12.5 Å². The van der Waals surface area contributed by atoms with Crippen LogP contribution in [0.3, 0.4) is 0 Å². The number of thiazole rings is 1. The maximum absolute atomic E-state index is 5.86. The lowest BCUT2D eigenvalue weighted by Gasteiger charge is -2.12. The van der Waals surface area contributed by atoms with Crippen LogP contribution in [0.25, 0.3) is 0 Å². The maximum Gasteiger partial charge on any atom is 0.142 e. The Balaban J connectivity index is 1.99. The first kappa shape index (κ1) is 14.9. The number of rotatable bonds is 7. The van der Waals surface area contributed by atoms with Crippen LogP contribution >= 0.6 is 11.3 Å². The van der Waals surface area contributed by atoms with Gasteiger partial charge in [0.2, 0.25) is 0 Å². The number of hydrogen-bond acceptors (Lipinski definition) is 5. The summed E-state index contributed by atoms with van der Waals surface area (Å²) in [6.07, 6.45) is 1.84. The molecule has 0 saturated carbocycles. The van der Waals surface area contributed by atoms with E-state index in [-0.39, 0.29) is 0 Å². The summed E-state index contributed by atoms with van der Waals surface area (Å²) < 4.78 is 5.86. The van der Waals surface area contributed by atoms with Gasteiger partial charge >= 0.3 is 0 Å². The lowest BCUT2D eigenvalue weighted by atomic mass is 10.2. The lowest BCUT2D eigenvalue weighted by molar-refractivity contribution is 0.303. The fraction of sp³-hybridized carbons (Fsp3) is 0.467. The van der Waals surface area contributed by atoms with Crippen LogP contribution in [0.5, 0.6) is 5.75 Å². The molecule has 0 aromatic carbocycles. The topological polar surface area (TPSA) is 47.0 Å². The molecule has 1 N–H and O–H groups in total. The number of aromatic nitrogens is 2. The van der Waals surface area contributed by atoms with Crippen molar-refractivity contribution < 1.29 is 4.74 Å². The van der Waals surface area contributed by atoms with Crippen molar-refractivity contribution in [2.45, 2.75) is 33.9 Å². The molecule has 0 amide bonds. The molecule has 2 rings (SSSR count). The van der Waals surface area contributed by atoms with Crippen LogP contribution in [0.15, 0.2) is 23.8 Å². The van der Waals surface area contributed by atoms with E-state index in [0.717, 1.165) is 35.1 Å². The molecule has 0 aliphatic heterocycles. The number of aryl methyl sites for hydroxylation is 1. The molecule has 4 nitrogen and oxygen atoms in total. The third kappa shape index (κ3) is 4.58. The van der Waals surface area contributed by atoms with Gasteiger partial charge in [-0.3, -0.25) is 9.97 Å². The van der Waals surface area contributed by atoms with Crippen molar-refractivity contribution in [3.63, 3.8) is 0 Å². The number of nitrogens with zero attached hydrogens (tertiary/aromatic N) is 2. The lowest BCUT2D eigenvalue weighted by Crippen LogP contribution is -2.20. The Kier molecular flexibility index (Phi) is 5.49. The van der Waals surface area contributed by atoms with E-state index in [2.05, 4.69) is 29.1 Å². The van der Waals surface area contributed by atoms with Crippen molar-refractivity contribution in [1.29, 1.82) is 0 Å². The van der Waals surface area contributed by atoms with Gasteiger partial charge in [-0.15, -0.1) is 11.3 Å². The summed E-state index contributed by atoms with van der Waals surface area (Å²) in [5.74, 6) is 1.47. The molecule has 0 saturated heterocycles. The smallest absolute Gasteiger partial charge is 0.142 e. The quantitative estimate of drug-likeness (QED) is 0.851. The Hall–Kier alpha value is -1.46. The Morgan fingerprint density at radius 1 is 1.35 bits per heavy atom. The molecule has 0 aliphatic rings. The molecule has 0 spiro atoms. The fourth-order valence-electron chi connectivity index (χ4n) is 1.80. The first-order valence-corrected chi connectivity index (χ1v) is 7.70. The van der Waals surface area contributed by atoms with Gasteiger partial charge in [-0.05, 0) is 31.5 Å². The number of ether oxygens (including phenoxy) is 1. The average molecular weight is 291 g/mol. The van der Waals surface area contributed by atoms with E-state index in [9.17, 15) is 0 Å². The predicted octanol–water partition coefficient (Wildman–Crippen LogP) is 3.17. The molecule has 5 heteroatoms. The normalized spacial score (nSPS) is 11.0. The van der Waals surface area contributed by atoms with Gasteiger partial charge in [0.05, 0.1) is 16.1 Å².